The number of fused-ring (bicyclic) bond motifs is 1. The Balaban J connectivity index is 1.47. The average molecular weight is 393 g/mol. The molecule has 29 heavy (non-hydrogen) atoms. The molecule has 0 N–H and O–H groups in total. The van der Waals surface area contributed by atoms with Crippen molar-refractivity contribution in [3.05, 3.63) is 66.0 Å². The second-order valence-corrected chi connectivity index (χ2v) is 9.59. The van der Waals surface area contributed by atoms with Gasteiger partial charge in [-0.15, -0.1) is 0 Å². The lowest BCUT2D eigenvalue weighted by Gasteiger charge is -2.43. The van der Waals surface area contributed by atoms with Gasteiger partial charge in [0.05, 0.1) is 17.5 Å². The molecule has 1 amide bonds. The van der Waals surface area contributed by atoms with Crippen LogP contribution in [-0.2, 0) is 10.2 Å². The number of hydrogen-bond donors (Lipinski definition) is 0. The van der Waals surface area contributed by atoms with Gasteiger partial charge in [0.1, 0.15) is 5.82 Å². The molecule has 2 atom stereocenters. The molecule has 0 aromatic heterocycles. The zero-order valence-electron chi connectivity index (χ0n) is 17.3. The van der Waals surface area contributed by atoms with Crippen LogP contribution in [0.15, 0.2) is 54.6 Å². The SMILES string of the molecule is CC1(C)C[C@H]2[C@H](CCCN2C(=O)C2(c3ccccc3)CC2)N1c1cccc(F)c1. The fraction of sp³-hybridized carbons (Fsp3) is 0.480. The molecule has 2 aliphatic heterocycles. The summed E-state index contributed by atoms with van der Waals surface area (Å²) in [4.78, 5) is 18.3. The molecule has 3 aliphatic rings. The fourth-order valence-corrected chi connectivity index (χ4v) is 5.85. The molecule has 0 unspecified atom stereocenters. The summed E-state index contributed by atoms with van der Waals surface area (Å²) < 4.78 is 14.0. The van der Waals surface area contributed by atoms with Gasteiger partial charge in [-0.25, -0.2) is 4.39 Å². The van der Waals surface area contributed by atoms with E-state index < -0.39 is 0 Å². The van der Waals surface area contributed by atoms with E-state index in [1.165, 1.54) is 6.07 Å². The van der Waals surface area contributed by atoms with Crippen molar-refractivity contribution in [1.82, 2.24) is 4.90 Å². The van der Waals surface area contributed by atoms with Gasteiger partial charge in [0, 0.05) is 17.8 Å². The highest BCUT2D eigenvalue weighted by Gasteiger charge is 2.57. The zero-order chi connectivity index (χ0) is 20.2. The van der Waals surface area contributed by atoms with Gasteiger partial charge in [0.15, 0.2) is 0 Å². The topological polar surface area (TPSA) is 23.6 Å². The molecule has 1 aliphatic carbocycles. The molecule has 2 heterocycles. The minimum absolute atomic E-state index is 0.116. The number of likely N-dealkylation sites (tertiary alicyclic amines) is 1. The molecule has 1 saturated carbocycles. The first-order chi connectivity index (χ1) is 13.9. The Morgan fingerprint density at radius 2 is 1.79 bits per heavy atom. The number of hydrogen-bond acceptors (Lipinski definition) is 2. The summed E-state index contributed by atoms with van der Waals surface area (Å²) in [5.74, 6) is 0.0989. The normalized spacial score (nSPS) is 26.9. The van der Waals surface area contributed by atoms with Crippen LogP contribution < -0.4 is 4.90 Å². The highest BCUT2D eigenvalue weighted by Crippen LogP contribution is 2.52. The number of carbonyl (C=O) groups is 1. The summed E-state index contributed by atoms with van der Waals surface area (Å²) in [6, 6.07) is 17.6. The lowest BCUT2D eigenvalue weighted by molar-refractivity contribution is -0.137. The van der Waals surface area contributed by atoms with Gasteiger partial charge in [-0.1, -0.05) is 36.4 Å². The molecule has 0 spiro atoms. The average Bonchev–Trinajstić information content (AvgIpc) is 3.46. The second kappa shape index (κ2) is 6.58. The summed E-state index contributed by atoms with van der Waals surface area (Å²) in [5.41, 5.74) is 1.65. The van der Waals surface area contributed by atoms with E-state index in [4.69, 9.17) is 0 Å². The molecular formula is C25H29FN2O. The molecule has 4 heteroatoms. The number of halogens is 1. The Morgan fingerprint density at radius 1 is 1.03 bits per heavy atom. The molecule has 3 fully saturated rings. The molecule has 0 radical (unpaired) electrons. The van der Waals surface area contributed by atoms with Crippen LogP contribution in [0.2, 0.25) is 0 Å². The lowest BCUT2D eigenvalue weighted by atomic mass is 9.89. The first kappa shape index (κ1) is 18.7. The summed E-state index contributed by atoms with van der Waals surface area (Å²) in [5, 5.41) is 0. The molecule has 2 aromatic carbocycles. The van der Waals surface area contributed by atoms with Crippen LogP contribution in [0.4, 0.5) is 10.1 Å². The largest absolute Gasteiger partial charge is 0.361 e. The molecule has 2 aromatic rings. The van der Waals surface area contributed by atoms with E-state index in [-0.39, 0.29) is 28.9 Å². The van der Waals surface area contributed by atoms with E-state index in [9.17, 15) is 9.18 Å². The van der Waals surface area contributed by atoms with E-state index in [1.54, 1.807) is 12.1 Å². The van der Waals surface area contributed by atoms with Gasteiger partial charge < -0.3 is 9.80 Å². The van der Waals surface area contributed by atoms with Gasteiger partial charge >= 0.3 is 0 Å². The van der Waals surface area contributed by atoms with Crippen molar-refractivity contribution in [1.29, 1.82) is 0 Å². The highest BCUT2D eigenvalue weighted by atomic mass is 19.1. The van der Waals surface area contributed by atoms with Crippen molar-refractivity contribution >= 4 is 11.6 Å². The first-order valence-corrected chi connectivity index (χ1v) is 10.8. The number of carbonyl (C=O) groups excluding carboxylic acids is 1. The summed E-state index contributed by atoms with van der Waals surface area (Å²) in [6.07, 6.45) is 4.86. The van der Waals surface area contributed by atoms with E-state index in [2.05, 4.69) is 35.8 Å². The van der Waals surface area contributed by atoms with Gasteiger partial charge in [0.2, 0.25) is 5.91 Å². The quantitative estimate of drug-likeness (QED) is 0.741. The number of piperidine rings is 1. The maximum atomic E-state index is 14.0. The summed E-state index contributed by atoms with van der Waals surface area (Å²) in [7, 11) is 0. The Bertz CT molecular complexity index is 921. The van der Waals surface area contributed by atoms with Crippen molar-refractivity contribution in [2.45, 2.75) is 69.0 Å². The van der Waals surface area contributed by atoms with Crippen LogP contribution >= 0.6 is 0 Å². The molecule has 5 rings (SSSR count). The van der Waals surface area contributed by atoms with Crippen molar-refractivity contribution in [2.75, 3.05) is 11.4 Å². The van der Waals surface area contributed by atoms with E-state index in [0.29, 0.717) is 5.91 Å². The van der Waals surface area contributed by atoms with E-state index >= 15 is 0 Å². The predicted molar refractivity (Wildman–Crippen MR) is 113 cm³/mol. The first-order valence-electron chi connectivity index (χ1n) is 10.8. The maximum absolute atomic E-state index is 14.0. The smallest absolute Gasteiger partial charge is 0.233 e. The van der Waals surface area contributed by atoms with Gasteiger partial charge in [0.25, 0.3) is 0 Å². The number of benzene rings is 2. The van der Waals surface area contributed by atoms with Crippen LogP contribution in [-0.4, -0.2) is 35.0 Å². The summed E-state index contributed by atoms with van der Waals surface area (Å²) >= 11 is 0. The van der Waals surface area contributed by atoms with Gasteiger partial charge in [-0.05, 0) is 69.7 Å². The Kier molecular flexibility index (Phi) is 4.23. The van der Waals surface area contributed by atoms with Crippen LogP contribution in [0.5, 0.6) is 0 Å². The minimum Gasteiger partial charge on any atom is -0.361 e. The maximum Gasteiger partial charge on any atom is 0.233 e. The van der Waals surface area contributed by atoms with Crippen LogP contribution in [0, 0.1) is 5.82 Å². The third-order valence-corrected chi connectivity index (χ3v) is 7.27. The Morgan fingerprint density at radius 3 is 2.48 bits per heavy atom. The molecule has 2 saturated heterocycles. The number of anilines is 1. The molecule has 3 nitrogen and oxygen atoms in total. The summed E-state index contributed by atoms with van der Waals surface area (Å²) in [6.45, 7) is 5.29. The van der Waals surface area contributed by atoms with Crippen molar-refractivity contribution in [3.8, 4) is 0 Å². The van der Waals surface area contributed by atoms with Crippen LogP contribution in [0.1, 0.15) is 51.5 Å². The molecule has 0 bridgehead atoms. The zero-order valence-corrected chi connectivity index (χ0v) is 17.3. The van der Waals surface area contributed by atoms with Crippen molar-refractivity contribution in [3.63, 3.8) is 0 Å². The number of amides is 1. The predicted octanol–water partition coefficient (Wildman–Crippen LogP) is 4.91. The third-order valence-electron chi connectivity index (χ3n) is 7.27. The van der Waals surface area contributed by atoms with E-state index in [1.807, 2.05) is 24.3 Å². The fourth-order valence-electron chi connectivity index (χ4n) is 5.85. The number of nitrogens with zero attached hydrogens (tertiary/aromatic N) is 2. The van der Waals surface area contributed by atoms with Crippen LogP contribution in [0.3, 0.4) is 0 Å². The third kappa shape index (κ3) is 2.95. The van der Waals surface area contributed by atoms with Gasteiger partial charge in [-0.3, -0.25) is 4.79 Å². The van der Waals surface area contributed by atoms with E-state index in [0.717, 1.165) is 49.9 Å². The molecular weight excluding hydrogens is 363 g/mol. The van der Waals surface area contributed by atoms with Crippen molar-refractivity contribution in [2.24, 2.45) is 0 Å². The second-order valence-electron chi connectivity index (χ2n) is 9.59. The Labute approximate surface area is 172 Å². The minimum atomic E-state index is -0.320. The highest BCUT2D eigenvalue weighted by molar-refractivity contribution is 5.92. The monoisotopic (exact) mass is 392 g/mol. The van der Waals surface area contributed by atoms with Crippen LogP contribution in [0.25, 0.3) is 0 Å². The molecule has 152 valence electrons. The van der Waals surface area contributed by atoms with Crippen molar-refractivity contribution < 1.29 is 9.18 Å². The number of rotatable bonds is 3. The standard InChI is InChI=1S/C25H29FN2O/c1-24(2)17-22-21(28(24)20-11-6-10-19(26)16-20)12-7-15-27(22)23(29)25(13-14-25)18-8-4-3-5-9-18/h3-6,8-11,16,21-22H,7,12-15,17H2,1-2H3/t21-,22-/m0/s1. The van der Waals surface area contributed by atoms with Gasteiger partial charge in [-0.2, -0.15) is 0 Å². The lowest BCUT2D eigenvalue weighted by Crippen LogP contribution is -2.55. The Hall–Kier alpha value is -2.36.